The number of hydrogen-bond donors (Lipinski definition) is 3. The summed E-state index contributed by atoms with van der Waals surface area (Å²) in [6.45, 7) is 1.74. The van der Waals surface area contributed by atoms with Crippen molar-refractivity contribution in [2.24, 2.45) is 0 Å². The van der Waals surface area contributed by atoms with E-state index in [2.05, 4.69) is 9.82 Å². The Labute approximate surface area is 193 Å². The molecule has 1 aliphatic rings. The second-order valence-electron chi connectivity index (χ2n) is 7.71. The first-order valence-corrected chi connectivity index (χ1v) is 11.7. The summed E-state index contributed by atoms with van der Waals surface area (Å²) in [7, 11) is -3.13. The summed E-state index contributed by atoms with van der Waals surface area (Å²) in [6.07, 6.45) is -3.78. The van der Waals surface area contributed by atoms with Crippen molar-refractivity contribution >= 4 is 13.7 Å². The van der Waals surface area contributed by atoms with Crippen molar-refractivity contribution in [1.82, 2.24) is 14.6 Å². The first kappa shape index (κ1) is 25.8. The van der Waals surface area contributed by atoms with Crippen LogP contribution in [0.15, 0.2) is 52.2 Å². The van der Waals surface area contributed by atoms with E-state index in [-0.39, 0.29) is 5.75 Å². The highest BCUT2D eigenvalue weighted by atomic mass is 31.2. The third kappa shape index (κ3) is 5.62. The number of rotatable bonds is 9. The van der Waals surface area contributed by atoms with Crippen LogP contribution in [0, 0.1) is 0 Å². The van der Waals surface area contributed by atoms with E-state index in [1.54, 1.807) is 18.2 Å². The topological polar surface area (TPSA) is 158 Å². The number of esters is 1. The third-order valence-corrected chi connectivity index (χ3v) is 6.75. The lowest BCUT2D eigenvalue weighted by atomic mass is 9.98. The average Bonchev–Trinajstić information content (AvgIpc) is 3.01. The van der Waals surface area contributed by atoms with Gasteiger partial charge in [0, 0.05) is 12.3 Å². The van der Waals surface area contributed by atoms with Crippen LogP contribution in [0.4, 0.5) is 4.39 Å². The summed E-state index contributed by atoms with van der Waals surface area (Å²) < 4.78 is 50.5. The van der Waals surface area contributed by atoms with E-state index in [1.165, 1.54) is 19.1 Å². The number of aromatic nitrogens is 2. The van der Waals surface area contributed by atoms with Crippen LogP contribution in [0.2, 0.25) is 0 Å². The molecule has 0 bridgehead atoms. The molecular weight excluding hydrogens is 476 g/mol. The minimum atomic E-state index is -4.27. The fourth-order valence-electron chi connectivity index (χ4n) is 3.31. The number of nitrogens with one attached hydrogen (secondary N) is 2. The molecule has 2 aromatic rings. The largest absolute Gasteiger partial charge is 0.468 e. The highest BCUT2D eigenvalue weighted by Crippen LogP contribution is 2.47. The number of para-hydroxylation sites is 1. The quantitative estimate of drug-likeness (QED) is 0.333. The van der Waals surface area contributed by atoms with Gasteiger partial charge in [-0.25, -0.2) is 13.8 Å². The lowest BCUT2D eigenvalue weighted by Gasteiger charge is -2.25. The van der Waals surface area contributed by atoms with Gasteiger partial charge in [0.2, 0.25) is 0 Å². The first-order valence-electron chi connectivity index (χ1n) is 10.2. The molecule has 34 heavy (non-hydrogen) atoms. The Morgan fingerprint density at radius 2 is 2.03 bits per heavy atom. The number of nitrogens with zero attached hydrogens (tertiary/aromatic N) is 1. The van der Waals surface area contributed by atoms with E-state index in [0.29, 0.717) is 0 Å². The van der Waals surface area contributed by atoms with Crippen molar-refractivity contribution in [3.05, 3.63) is 63.4 Å². The van der Waals surface area contributed by atoms with Crippen molar-refractivity contribution in [3.8, 4) is 5.75 Å². The van der Waals surface area contributed by atoms with Gasteiger partial charge in [-0.3, -0.25) is 23.7 Å². The van der Waals surface area contributed by atoms with Gasteiger partial charge in [-0.1, -0.05) is 18.2 Å². The molecule has 186 valence electrons. The highest BCUT2D eigenvalue weighted by Gasteiger charge is 2.55. The van der Waals surface area contributed by atoms with Gasteiger partial charge in [-0.2, -0.15) is 5.09 Å². The molecule has 12 nitrogen and oxygen atoms in total. The van der Waals surface area contributed by atoms with Gasteiger partial charge in [-0.15, -0.1) is 0 Å². The Balaban J connectivity index is 1.80. The standard InChI is InChI=1S/C20H25FN3O9P/c1-12(17(27)30-3)23-34(29,33-13-7-5-4-6-8-13)31-11-14-16(26)20(2,21)18(32-14)24-10-9-15(25)22-19(24)28/h4-10,12,14,16,18,26H,11H2,1-3H3,(H,23,29)(H,22,25,28)/t12-,14+,16+,18-,20-,34?/m0/s1. The van der Waals surface area contributed by atoms with Crippen LogP contribution in [0.1, 0.15) is 20.1 Å². The van der Waals surface area contributed by atoms with E-state index in [4.69, 9.17) is 13.8 Å². The fraction of sp³-hybridized carbons (Fsp3) is 0.450. The molecule has 1 fully saturated rings. The fourth-order valence-corrected chi connectivity index (χ4v) is 4.81. The number of halogens is 1. The van der Waals surface area contributed by atoms with Crippen LogP contribution >= 0.6 is 7.75 Å². The van der Waals surface area contributed by atoms with Gasteiger partial charge in [0.25, 0.3) is 5.56 Å². The Morgan fingerprint density at radius 3 is 2.65 bits per heavy atom. The molecule has 6 atom stereocenters. The summed E-state index contributed by atoms with van der Waals surface area (Å²) in [6, 6.07) is 7.83. The van der Waals surface area contributed by atoms with Gasteiger partial charge in [0.1, 0.15) is 24.0 Å². The van der Waals surface area contributed by atoms with Gasteiger partial charge in [-0.05, 0) is 26.0 Å². The number of ether oxygens (including phenoxy) is 2. The Morgan fingerprint density at radius 1 is 1.35 bits per heavy atom. The second kappa shape index (κ2) is 10.2. The molecule has 3 rings (SSSR count). The predicted molar refractivity (Wildman–Crippen MR) is 116 cm³/mol. The second-order valence-corrected chi connectivity index (χ2v) is 9.41. The summed E-state index contributed by atoms with van der Waals surface area (Å²) >= 11 is 0. The zero-order valence-corrected chi connectivity index (χ0v) is 19.4. The van der Waals surface area contributed by atoms with Crippen molar-refractivity contribution in [2.45, 2.75) is 44.0 Å². The summed E-state index contributed by atoms with van der Waals surface area (Å²) in [5, 5.41) is 12.9. The zero-order chi connectivity index (χ0) is 25.1. The number of carbonyl (C=O) groups excluding carboxylic acids is 1. The predicted octanol–water partition coefficient (Wildman–Crippen LogP) is 0.878. The molecule has 0 saturated carbocycles. The maximum Gasteiger partial charge on any atom is 0.459 e. The van der Waals surface area contributed by atoms with E-state index in [1.807, 2.05) is 4.98 Å². The van der Waals surface area contributed by atoms with Crippen LogP contribution in [0.3, 0.4) is 0 Å². The number of benzene rings is 1. The highest BCUT2D eigenvalue weighted by molar-refractivity contribution is 7.52. The number of aliphatic hydroxyl groups excluding tert-OH is 1. The molecule has 14 heteroatoms. The van der Waals surface area contributed by atoms with Crippen molar-refractivity contribution < 1.29 is 37.4 Å². The maximum atomic E-state index is 15.4. The van der Waals surface area contributed by atoms with E-state index in [0.717, 1.165) is 30.9 Å². The Hall–Kier alpha value is -2.83. The number of carbonyl (C=O) groups is 1. The minimum absolute atomic E-state index is 0.149. The molecule has 1 aliphatic heterocycles. The molecular formula is C20H25FN3O9P. The van der Waals surface area contributed by atoms with Gasteiger partial charge < -0.3 is 19.1 Å². The van der Waals surface area contributed by atoms with Gasteiger partial charge in [0.15, 0.2) is 11.9 Å². The minimum Gasteiger partial charge on any atom is -0.468 e. The molecule has 1 aromatic heterocycles. The summed E-state index contributed by atoms with van der Waals surface area (Å²) in [5.74, 6) is -0.595. The molecule has 1 saturated heterocycles. The maximum absolute atomic E-state index is 15.4. The lowest BCUT2D eigenvalue weighted by molar-refractivity contribution is -0.142. The Bertz CT molecular complexity index is 1170. The molecule has 0 radical (unpaired) electrons. The number of aromatic amines is 1. The molecule has 1 unspecified atom stereocenters. The number of methoxy groups -OCH3 is 1. The Kier molecular flexibility index (Phi) is 7.74. The third-order valence-electron chi connectivity index (χ3n) is 5.10. The van der Waals surface area contributed by atoms with E-state index in [9.17, 15) is 24.1 Å². The van der Waals surface area contributed by atoms with Crippen LogP contribution in [0.5, 0.6) is 5.75 Å². The van der Waals surface area contributed by atoms with E-state index < -0.39 is 61.7 Å². The molecule has 0 aliphatic carbocycles. The number of hydrogen-bond acceptors (Lipinski definition) is 9. The zero-order valence-electron chi connectivity index (χ0n) is 18.5. The van der Waals surface area contributed by atoms with Crippen molar-refractivity contribution in [3.63, 3.8) is 0 Å². The van der Waals surface area contributed by atoms with Crippen LogP contribution in [-0.4, -0.2) is 58.3 Å². The van der Waals surface area contributed by atoms with Crippen LogP contribution < -0.4 is 20.9 Å². The summed E-state index contributed by atoms with van der Waals surface area (Å²) in [5.41, 5.74) is -4.11. The molecule has 0 amide bonds. The van der Waals surface area contributed by atoms with Gasteiger partial charge in [0.05, 0.1) is 13.7 Å². The monoisotopic (exact) mass is 501 g/mol. The molecule has 3 N–H and O–H groups in total. The number of alkyl halides is 1. The number of H-pyrrole nitrogens is 1. The SMILES string of the molecule is COC(=O)[C@H](C)NP(=O)(OC[C@H]1O[C@H](n2ccc(=O)[nH]c2=O)[C@@](C)(F)[C@@H]1O)Oc1ccccc1. The normalized spacial score (nSPS) is 27.0. The first-order chi connectivity index (χ1) is 16.0. The van der Waals surface area contributed by atoms with Crippen LogP contribution in [0.25, 0.3) is 0 Å². The van der Waals surface area contributed by atoms with Gasteiger partial charge >= 0.3 is 19.4 Å². The summed E-state index contributed by atoms with van der Waals surface area (Å²) in [4.78, 5) is 37.2. The smallest absolute Gasteiger partial charge is 0.459 e. The number of aliphatic hydroxyl groups is 1. The molecule has 2 heterocycles. The average molecular weight is 501 g/mol. The van der Waals surface area contributed by atoms with Crippen molar-refractivity contribution in [2.75, 3.05) is 13.7 Å². The lowest BCUT2D eigenvalue weighted by Crippen LogP contribution is -2.43. The van der Waals surface area contributed by atoms with E-state index >= 15 is 4.39 Å². The molecule has 1 aromatic carbocycles. The molecule has 0 spiro atoms. The van der Waals surface area contributed by atoms with Crippen molar-refractivity contribution in [1.29, 1.82) is 0 Å². The van der Waals surface area contributed by atoms with Crippen LogP contribution in [-0.2, 0) is 23.4 Å².